The van der Waals surface area contributed by atoms with Crippen molar-refractivity contribution >= 4 is 23.0 Å². The molecule has 3 heterocycles. The second-order valence-electron chi connectivity index (χ2n) is 7.22. The fourth-order valence-electron chi connectivity index (χ4n) is 3.78. The number of nitrogens with zero attached hydrogens (tertiary/aromatic N) is 4. The van der Waals surface area contributed by atoms with E-state index in [-0.39, 0.29) is 0 Å². The second-order valence-corrected chi connectivity index (χ2v) is 7.22. The van der Waals surface area contributed by atoms with Gasteiger partial charge in [0.1, 0.15) is 11.7 Å². The molecule has 1 aromatic carbocycles. The maximum atomic E-state index is 4.71. The fourth-order valence-corrected chi connectivity index (χ4v) is 3.78. The van der Waals surface area contributed by atoms with Gasteiger partial charge in [0.2, 0.25) is 0 Å². The van der Waals surface area contributed by atoms with Crippen LogP contribution in [-0.4, -0.2) is 48.4 Å². The Hall–Kier alpha value is -2.40. The first kappa shape index (κ1) is 17.0. The van der Waals surface area contributed by atoms with Crippen molar-refractivity contribution in [2.75, 3.05) is 42.9 Å². The number of hydrogen-bond acceptors (Lipinski definition) is 5. The highest BCUT2D eigenvalue weighted by Gasteiger charge is 2.18. The molecule has 1 fully saturated rings. The minimum absolute atomic E-state index is 0.846. The molecule has 1 aromatic heterocycles. The van der Waals surface area contributed by atoms with E-state index in [9.17, 15) is 0 Å². The Morgan fingerprint density at radius 2 is 1.92 bits per heavy atom. The van der Waals surface area contributed by atoms with Crippen molar-refractivity contribution in [2.45, 2.75) is 26.7 Å². The molecule has 2 aliphatic heterocycles. The number of anilines is 2. The zero-order valence-corrected chi connectivity index (χ0v) is 15.7. The summed E-state index contributed by atoms with van der Waals surface area (Å²) in [7, 11) is 0. The van der Waals surface area contributed by atoms with Crippen LogP contribution in [0.4, 0.5) is 17.2 Å². The number of rotatable bonds is 4. The Kier molecular flexibility index (Phi) is 4.89. The van der Waals surface area contributed by atoms with Crippen LogP contribution in [0.1, 0.15) is 24.5 Å². The highest BCUT2D eigenvalue weighted by atomic mass is 15.3. The molecule has 0 amide bonds. The van der Waals surface area contributed by atoms with E-state index in [2.05, 4.69) is 64.3 Å². The van der Waals surface area contributed by atoms with Gasteiger partial charge in [0.25, 0.3) is 0 Å². The van der Waals surface area contributed by atoms with E-state index in [4.69, 9.17) is 4.99 Å². The number of hydrogen-bond donors (Lipinski definition) is 1. The van der Waals surface area contributed by atoms with E-state index in [0.717, 1.165) is 49.9 Å². The lowest BCUT2D eigenvalue weighted by molar-refractivity contribution is 0.258. The van der Waals surface area contributed by atoms with Gasteiger partial charge in [-0.25, -0.2) is 9.98 Å². The van der Waals surface area contributed by atoms with Gasteiger partial charge in [-0.2, -0.15) is 0 Å². The van der Waals surface area contributed by atoms with Crippen molar-refractivity contribution in [3.8, 4) is 0 Å². The number of aryl methyl sites for hydroxylation is 1. The predicted molar refractivity (Wildman–Crippen MR) is 109 cm³/mol. The number of fused-ring (bicyclic) bond motifs is 1. The van der Waals surface area contributed by atoms with Gasteiger partial charge < -0.3 is 10.2 Å². The average Bonchev–Trinajstić information content (AvgIpc) is 3.04. The van der Waals surface area contributed by atoms with Crippen LogP contribution < -0.4 is 10.2 Å². The van der Waals surface area contributed by atoms with Crippen LogP contribution in [0.3, 0.4) is 0 Å². The Balaban J connectivity index is 1.41. The largest absolute Gasteiger partial charge is 0.369 e. The van der Waals surface area contributed by atoms with Crippen LogP contribution >= 0.6 is 0 Å². The van der Waals surface area contributed by atoms with Gasteiger partial charge in [-0.1, -0.05) is 24.6 Å². The first-order valence-corrected chi connectivity index (χ1v) is 9.59. The molecule has 0 spiro atoms. The third-order valence-electron chi connectivity index (χ3n) is 5.14. The molecule has 5 nitrogen and oxygen atoms in total. The average molecular weight is 349 g/mol. The first-order valence-electron chi connectivity index (χ1n) is 9.59. The first-order chi connectivity index (χ1) is 12.7. The van der Waals surface area contributed by atoms with Gasteiger partial charge in [0.05, 0.1) is 5.69 Å². The molecule has 5 heteroatoms. The Morgan fingerprint density at radius 3 is 2.73 bits per heavy atom. The molecule has 4 rings (SSSR count). The van der Waals surface area contributed by atoms with Crippen LogP contribution in [0.25, 0.3) is 0 Å². The summed E-state index contributed by atoms with van der Waals surface area (Å²) in [4.78, 5) is 14.2. The Bertz CT molecular complexity index is 806. The zero-order chi connectivity index (χ0) is 17.9. The Labute approximate surface area is 155 Å². The van der Waals surface area contributed by atoms with Gasteiger partial charge in [0.15, 0.2) is 0 Å². The molecule has 0 saturated carbocycles. The topological polar surface area (TPSA) is 43.8 Å². The molecule has 26 heavy (non-hydrogen) atoms. The molecule has 0 unspecified atom stereocenters. The zero-order valence-electron chi connectivity index (χ0n) is 15.7. The lowest BCUT2D eigenvalue weighted by Crippen LogP contribution is -2.46. The summed E-state index contributed by atoms with van der Waals surface area (Å²) in [6.45, 7) is 10.0. The van der Waals surface area contributed by atoms with Crippen molar-refractivity contribution in [3.05, 3.63) is 47.7 Å². The summed E-state index contributed by atoms with van der Waals surface area (Å²) >= 11 is 0. The van der Waals surface area contributed by atoms with Crippen molar-refractivity contribution in [3.63, 3.8) is 0 Å². The van der Waals surface area contributed by atoms with Crippen LogP contribution in [0.15, 0.2) is 41.5 Å². The fraction of sp³-hybridized carbons (Fsp3) is 0.429. The third kappa shape index (κ3) is 3.73. The highest BCUT2D eigenvalue weighted by molar-refractivity contribution is 6.01. The molecule has 0 radical (unpaired) electrons. The predicted octanol–water partition coefficient (Wildman–Crippen LogP) is 3.62. The van der Waals surface area contributed by atoms with Gasteiger partial charge in [-0.15, -0.1) is 0 Å². The lowest BCUT2D eigenvalue weighted by atomic mass is 10.1. The molecule has 2 aromatic rings. The lowest BCUT2D eigenvalue weighted by Gasteiger charge is -2.36. The minimum Gasteiger partial charge on any atom is -0.369 e. The van der Waals surface area contributed by atoms with Crippen LogP contribution in [0.2, 0.25) is 0 Å². The SMILES string of the molecule is CCCN1CCN(c2ccnc(NC3=Nc4ccc(C)cc4C3)c2)CC1. The molecular formula is C21H27N5. The standard InChI is InChI=1S/C21H27N5/c1-3-8-25-9-11-26(12-10-25)18-6-7-22-20(15-18)24-21-14-17-13-16(2)4-5-19(17)23-21/h4-7,13,15H,3,8-12,14H2,1-2H3,(H,22,23,24). The minimum atomic E-state index is 0.846. The van der Waals surface area contributed by atoms with E-state index in [1.165, 1.54) is 29.8 Å². The number of benzene rings is 1. The molecule has 0 bridgehead atoms. The molecule has 1 N–H and O–H groups in total. The van der Waals surface area contributed by atoms with Gasteiger partial charge in [-0.05, 0) is 37.6 Å². The van der Waals surface area contributed by atoms with E-state index < -0.39 is 0 Å². The van der Waals surface area contributed by atoms with Crippen LogP contribution in [-0.2, 0) is 6.42 Å². The van der Waals surface area contributed by atoms with Crippen LogP contribution in [0, 0.1) is 6.92 Å². The summed E-state index contributed by atoms with van der Waals surface area (Å²) < 4.78 is 0. The van der Waals surface area contributed by atoms with Gasteiger partial charge >= 0.3 is 0 Å². The molecule has 0 atom stereocenters. The van der Waals surface area contributed by atoms with Crippen molar-refractivity contribution in [1.29, 1.82) is 0 Å². The normalized spacial score (nSPS) is 17.2. The van der Waals surface area contributed by atoms with E-state index >= 15 is 0 Å². The van der Waals surface area contributed by atoms with Crippen LogP contribution in [0.5, 0.6) is 0 Å². The number of amidine groups is 1. The smallest absolute Gasteiger partial charge is 0.133 e. The number of piperazine rings is 1. The second kappa shape index (κ2) is 7.46. The summed E-state index contributed by atoms with van der Waals surface area (Å²) in [5.41, 5.74) is 4.88. The van der Waals surface area contributed by atoms with Gasteiger partial charge in [-0.3, -0.25) is 4.90 Å². The van der Waals surface area contributed by atoms with Crippen molar-refractivity contribution < 1.29 is 0 Å². The molecule has 0 aliphatic carbocycles. The maximum Gasteiger partial charge on any atom is 0.133 e. The summed E-state index contributed by atoms with van der Waals surface area (Å²) in [6, 6.07) is 10.7. The van der Waals surface area contributed by atoms with Crippen molar-refractivity contribution in [1.82, 2.24) is 9.88 Å². The molecule has 136 valence electrons. The van der Waals surface area contributed by atoms with Crippen molar-refractivity contribution in [2.24, 2.45) is 4.99 Å². The number of nitrogens with one attached hydrogen (secondary N) is 1. The summed E-state index contributed by atoms with van der Waals surface area (Å²) in [6.07, 6.45) is 3.97. The molecule has 1 saturated heterocycles. The van der Waals surface area contributed by atoms with E-state index in [1.807, 2.05) is 6.20 Å². The van der Waals surface area contributed by atoms with E-state index in [1.54, 1.807) is 0 Å². The summed E-state index contributed by atoms with van der Waals surface area (Å²) in [5, 5.41) is 3.42. The number of aliphatic imine (C=N–C) groups is 1. The van der Waals surface area contributed by atoms with Gasteiger partial charge in [0, 0.05) is 50.6 Å². The highest BCUT2D eigenvalue weighted by Crippen LogP contribution is 2.28. The number of aromatic nitrogens is 1. The third-order valence-corrected chi connectivity index (χ3v) is 5.14. The molecule has 2 aliphatic rings. The maximum absolute atomic E-state index is 4.71. The summed E-state index contributed by atoms with van der Waals surface area (Å²) in [5.74, 6) is 1.85. The monoisotopic (exact) mass is 349 g/mol. The Morgan fingerprint density at radius 1 is 1.08 bits per heavy atom. The quantitative estimate of drug-likeness (QED) is 0.916. The molecular weight excluding hydrogens is 322 g/mol. The van der Waals surface area contributed by atoms with E-state index in [0.29, 0.717) is 0 Å². The number of pyridine rings is 1.